The van der Waals surface area contributed by atoms with Gasteiger partial charge in [0.25, 0.3) is 0 Å². The van der Waals surface area contributed by atoms with Crippen LogP contribution in [0.1, 0.15) is 12.8 Å². The summed E-state index contributed by atoms with van der Waals surface area (Å²) in [6.45, 7) is 0. The Bertz CT molecular complexity index is 244. The maximum absolute atomic E-state index is 11.0. The van der Waals surface area contributed by atoms with Crippen molar-refractivity contribution < 1.29 is 18.3 Å². The number of hydrogen-bond acceptors (Lipinski definition) is 3. The summed E-state index contributed by atoms with van der Waals surface area (Å²) in [6, 6.07) is 0. The van der Waals surface area contributed by atoms with Gasteiger partial charge in [0, 0.05) is 20.5 Å². The van der Waals surface area contributed by atoms with E-state index < -0.39 is 16.0 Å². The summed E-state index contributed by atoms with van der Waals surface area (Å²) in [4.78, 5) is 10.0. The van der Waals surface area contributed by atoms with Crippen LogP contribution in [-0.2, 0) is 14.8 Å². The summed E-state index contributed by atoms with van der Waals surface area (Å²) in [7, 11) is -0.370. The summed E-state index contributed by atoms with van der Waals surface area (Å²) in [5.41, 5.74) is 0. The van der Waals surface area contributed by atoms with Gasteiger partial charge in [0.1, 0.15) is 0 Å². The number of aliphatic carboxylic acids is 1. The lowest BCUT2D eigenvalue weighted by molar-refractivity contribution is -0.137. The van der Waals surface area contributed by atoms with Crippen LogP contribution in [-0.4, -0.2) is 43.6 Å². The molecule has 0 saturated heterocycles. The van der Waals surface area contributed by atoms with Gasteiger partial charge >= 0.3 is 5.97 Å². The number of hydrogen-bond donors (Lipinski definition) is 1. The Kier molecular flexibility index (Phi) is 4.19. The topological polar surface area (TPSA) is 74.7 Å². The van der Waals surface area contributed by atoms with Gasteiger partial charge in [-0.15, -0.1) is 0 Å². The lowest BCUT2D eigenvalue weighted by atomic mass is 10.3. The van der Waals surface area contributed by atoms with Gasteiger partial charge in [-0.05, 0) is 6.42 Å². The number of carboxylic acids is 1. The van der Waals surface area contributed by atoms with Gasteiger partial charge in [-0.3, -0.25) is 4.79 Å². The molecule has 0 radical (unpaired) electrons. The molecule has 0 aliphatic rings. The first kappa shape index (κ1) is 11.4. The fraction of sp³-hybridized carbons (Fsp3) is 0.833. The van der Waals surface area contributed by atoms with E-state index in [0.717, 1.165) is 4.31 Å². The molecule has 0 saturated carbocycles. The molecule has 12 heavy (non-hydrogen) atoms. The van der Waals surface area contributed by atoms with Crippen molar-refractivity contribution in [3.05, 3.63) is 0 Å². The molecule has 0 amide bonds. The minimum absolute atomic E-state index is 0.104. The normalized spacial score (nSPS) is 11.9. The van der Waals surface area contributed by atoms with Crippen molar-refractivity contribution >= 4 is 16.0 Å². The maximum Gasteiger partial charge on any atom is 0.303 e. The molecule has 1 N–H and O–H groups in total. The minimum atomic E-state index is -3.22. The van der Waals surface area contributed by atoms with Crippen molar-refractivity contribution in [2.75, 3.05) is 19.8 Å². The summed E-state index contributed by atoms with van der Waals surface area (Å²) in [5.74, 6) is -1.07. The van der Waals surface area contributed by atoms with Gasteiger partial charge in [0.05, 0.1) is 5.75 Å². The Morgan fingerprint density at radius 1 is 1.42 bits per heavy atom. The first-order valence-electron chi connectivity index (χ1n) is 3.48. The highest BCUT2D eigenvalue weighted by molar-refractivity contribution is 7.89. The molecule has 0 unspecified atom stereocenters. The van der Waals surface area contributed by atoms with E-state index in [-0.39, 0.29) is 18.6 Å². The van der Waals surface area contributed by atoms with Gasteiger partial charge < -0.3 is 5.11 Å². The molecule has 0 atom stereocenters. The lowest BCUT2D eigenvalue weighted by Crippen LogP contribution is -2.25. The van der Waals surface area contributed by atoms with E-state index in [1.54, 1.807) is 0 Å². The Hall–Kier alpha value is -0.620. The fourth-order valence-electron chi connectivity index (χ4n) is 0.588. The highest BCUT2D eigenvalue weighted by atomic mass is 32.2. The number of sulfonamides is 1. The molecule has 0 bridgehead atoms. The molecular weight excluding hydrogens is 182 g/mol. The predicted molar refractivity (Wildman–Crippen MR) is 44.3 cm³/mol. The van der Waals surface area contributed by atoms with E-state index in [1.165, 1.54) is 14.1 Å². The van der Waals surface area contributed by atoms with Crippen LogP contribution in [0.2, 0.25) is 0 Å². The molecule has 72 valence electrons. The molecule has 0 aliphatic carbocycles. The summed E-state index contributed by atoms with van der Waals surface area (Å²) in [5, 5.41) is 8.24. The van der Waals surface area contributed by atoms with Crippen molar-refractivity contribution in [1.29, 1.82) is 0 Å². The summed E-state index contributed by atoms with van der Waals surface area (Å²) < 4.78 is 23.2. The number of nitrogens with zero attached hydrogens (tertiary/aromatic N) is 1. The zero-order chi connectivity index (χ0) is 9.78. The van der Waals surface area contributed by atoms with E-state index in [1.807, 2.05) is 0 Å². The van der Waals surface area contributed by atoms with Crippen LogP contribution in [0.25, 0.3) is 0 Å². The molecule has 0 rings (SSSR count). The van der Waals surface area contributed by atoms with Crippen LogP contribution in [0.15, 0.2) is 0 Å². The summed E-state index contributed by atoms with van der Waals surface area (Å²) in [6.07, 6.45) is 0.0584. The van der Waals surface area contributed by atoms with Gasteiger partial charge in [0.15, 0.2) is 0 Å². The van der Waals surface area contributed by atoms with Crippen LogP contribution < -0.4 is 0 Å². The first-order chi connectivity index (χ1) is 5.36. The molecule has 5 nitrogen and oxygen atoms in total. The van der Waals surface area contributed by atoms with E-state index in [9.17, 15) is 13.2 Å². The van der Waals surface area contributed by atoms with Crippen molar-refractivity contribution in [3.8, 4) is 0 Å². The van der Waals surface area contributed by atoms with E-state index in [4.69, 9.17) is 5.11 Å². The SMILES string of the molecule is CN(C)S(=O)(=O)CCCC(=O)O. The molecule has 0 fully saturated rings. The van der Waals surface area contributed by atoms with E-state index >= 15 is 0 Å². The summed E-state index contributed by atoms with van der Waals surface area (Å²) >= 11 is 0. The highest BCUT2D eigenvalue weighted by Crippen LogP contribution is 1.99. The quantitative estimate of drug-likeness (QED) is 0.656. The molecular formula is C6H13NO4S. The van der Waals surface area contributed by atoms with Gasteiger partial charge in [-0.25, -0.2) is 12.7 Å². The third-order valence-electron chi connectivity index (χ3n) is 1.35. The van der Waals surface area contributed by atoms with Gasteiger partial charge in [-0.2, -0.15) is 0 Å². The van der Waals surface area contributed by atoms with Crippen LogP contribution >= 0.6 is 0 Å². The van der Waals surface area contributed by atoms with Crippen LogP contribution in [0, 0.1) is 0 Å². The molecule has 0 aliphatic heterocycles. The second kappa shape index (κ2) is 4.42. The number of rotatable bonds is 5. The second-order valence-electron chi connectivity index (χ2n) is 2.60. The number of carbonyl (C=O) groups is 1. The predicted octanol–water partition coefficient (Wildman–Crippen LogP) is -0.257. The van der Waals surface area contributed by atoms with Gasteiger partial charge in [0.2, 0.25) is 10.0 Å². The van der Waals surface area contributed by atoms with Crippen LogP contribution in [0.5, 0.6) is 0 Å². The standard InChI is InChI=1S/C6H13NO4S/c1-7(2)12(10,11)5-3-4-6(8)9/h3-5H2,1-2H3,(H,8,9). The minimum Gasteiger partial charge on any atom is -0.481 e. The zero-order valence-corrected chi connectivity index (χ0v) is 7.97. The van der Waals surface area contributed by atoms with Crippen molar-refractivity contribution in [2.24, 2.45) is 0 Å². The fourth-order valence-corrected chi connectivity index (χ4v) is 1.46. The highest BCUT2D eigenvalue weighted by Gasteiger charge is 2.13. The Morgan fingerprint density at radius 3 is 2.25 bits per heavy atom. The Labute approximate surface area is 72.0 Å². The van der Waals surface area contributed by atoms with Crippen molar-refractivity contribution in [3.63, 3.8) is 0 Å². The molecule has 6 heteroatoms. The lowest BCUT2D eigenvalue weighted by Gasteiger charge is -2.09. The van der Waals surface area contributed by atoms with Gasteiger partial charge in [-0.1, -0.05) is 0 Å². The average molecular weight is 195 g/mol. The van der Waals surface area contributed by atoms with Crippen LogP contribution in [0.4, 0.5) is 0 Å². The van der Waals surface area contributed by atoms with E-state index in [2.05, 4.69) is 0 Å². The zero-order valence-electron chi connectivity index (χ0n) is 7.15. The molecule has 0 aromatic heterocycles. The van der Waals surface area contributed by atoms with Crippen molar-refractivity contribution in [2.45, 2.75) is 12.8 Å². The van der Waals surface area contributed by atoms with E-state index in [0.29, 0.717) is 0 Å². The monoisotopic (exact) mass is 195 g/mol. The second-order valence-corrected chi connectivity index (χ2v) is 4.90. The van der Waals surface area contributed by atoms with Crippen LogP contribution in [0.3, 0.4) is 0 Å². The third kappa shape index (κ3) is 4.30. The first-order valence-corrected chi connectivity index (χ1v) is 5.09. The Balaban J connectivity index is 3.86. The molecule has 0 aromatic carbocycles. The number of carboxylic acid groups (broad SMARTS) is 1. The molecule has 0 aromatic rings. The smallest absolute Gasteiger partial charge is 0.303 e. The average Bonchev–Trinajstić information content (AvgIpc) is 1.85. The van der Waals surface area contributed by atoms with Crippen molar-refractivity contribution in [1.82, 2.24) is 4.31 Å². The molecule has 0 spiro atoms. The molecule has 0 heterocycles. The largest absolute Gasteiger partial charge is 0.481 e. The Morgan fingerprint density at radius 2 is 1.92 bits per heavy atom. The third-order valence-corrected chi connectivity index (χ3v) is 3.27. The maximum atomic E-state index is 11.0.